The van der Waals surface area contributed by atoms with Crippen LogP contribution < -0.4 is 15.4 Å². The smallest absolute Gasteiger partial charge is 0.407 e. The molecule has 378 valence electrons. The molecule has 21 heteroatoms. The number of aromatic amines is 2. The highest BCUT2D eigenvalue weighted by atomic mass is 32.1. The molecule has 4 N–H and O–H groups in total. The number of hydrogen-bond donors (Lipinski definition) is 4. The van der Waals surface area contributed by atoms with Gasteiger partial charge in [0.25, 0.3) is 0 Å². The molecule has 6 aromatic rings. The van der Waals surface area contributed by atoms with Crippen LogP contribution in [0.3, 0.4) is 0 Å². The summed E-state index contributed by atoms with van der Waals surface area (Å²) in [7, 11) is 2.52. The van der Waals surface area contributed by atoms with E-state index in [0.29, 0.717) is 97.6 Å². The van der Waals surface area contributed by atoms with Crippen molar-refractivity contribution in [1.82, 2.24) is 49.9 Å². The van der Waals surface area contributed by atoms with Crippen LogP contribution in [0.15, 0.2) is 48.9 Å². The fourth-order valence-electron chi connectivity index (χ4n) is 10.9. The Morgan fingerprint density at radius 1 is 0.792 bits per heavy atom. The molecule has 11 rings (SSSR count). The Morgan fingerprint density at radius 3 is 2.10 bits per heavy atom. The number of H-pyrrole nitrogens is 2. The van der Waals surface area contributed by atoms with Crippen molar-refractivity contribution in [3.8, 4) is 39.5 Å². The summed E-state index contributed by atoms with van der Waals surface area (Å²) < 4.78 is 58.1. The van der Waals surface area contributed by atoms with E-state index in [2.05, 4.69) is 25.6 Å². The van der Waals surface area contributed by atoms with Crippen molar-refractivity contribution in [3.63, 3.8) is 0 Å². The summed E-state index contributed by atoms with van der Waals surface area (Å²) in [4.78, 5) is 77.7. The number of alkyl carbamates (subject to hydrolysis) is 2. The Labute approximate surface area is 417 Å². The van der Waals surface area contributed by atoms with Crippen LogP contribution in [-0.2, 0) is 23.8 Å². The van der Waals surface area contributed by atoms with Gasteiger partial charge in [0.1, 0.15) is 35.3 Å². The molecule has 1 saturated carbocycles. The van der Waals surface area contributed by atoms with Gasteiger partial charge in [-0.15, -0.1) is 11.3 Å². The number of thiazole rings is 1. The third kappa shape index (κ3) is 8.62. The van der Waals surface area contributed by atoms with E-state index in [0.717, 1.165) is 35.6 Å². The largest absolute Gasteiger partial charge is 0.464 e. The van der Waals surface area contributed by atoms with Gasteiger partial charge in [0.2, 0.25) is 18.0 Å². The second-order valence-electron chi connectivity index (χ2n) is 19.6. The summed E-state index contributed by atoms with van der Waals surface area (Å²) in [6, 6.07) is 6.00. The van der Waals surface area contributed by atoms with Gasteiger partial charge in [-0.1, -0.05) is 19.9 Å². The van der Waals surface area contributed by atoms with E-state index in [-0.39, 0.29) is 52.1 Å². The van der Waals surface area contributed by atoms with E-state index in [1.54, 1.807) is 51.2 Å². The number of rotatable bonds is 12. The molecule has 5 atom stereocenters. The number of halogens is 2. The van der Waals surface area contributed by atoms with Gasteiger partial charge in [-0.25, -0.2) is 33.3 Å². The Hall–Kier alpha value is -6.87. The average Bonchev–Trinajstić information content (AvgIpc) is 4.10. The summed E-state index contributed by atoms with van der Waals surface area (Å²) in [5.41, 5.74) is 2.62. The molecule has 3 saturated heterocycles. The molecule has 4 amide bonds. The Kier molecular flexibility index (Phi) is 12.7. The molecule has 2 aromatic carbocycles. The molecule has 0 bridgehead atoms. The summed E-state index contributed by atoms with van der Waals surface area (Å²) >= 11 is 1.50. The van der Waals surface area contributed by atoms with Crippen LogP contribution in [-0.4, -0.2) is 116 Å². The predicted octanol–water partition coefficient (Wildman–Crippen LogP) is 8.50. The van der Waals surface area contributed by atoms with Gasteiger partial charge < -0.3 is 49.3 Å². The van der Waals surface area contributed by atoms with E-state index in [1.165, 1.54) is 31.6 Å². The zero-order chi connectivity index (χ0) is 49.9. The van der Waals surface area contributed by atoms with E-state index < -0.39 is 48.2 Å². The van der Waals surface area contributed by atoms with Crippen LogP contribution in [0.5, 0.6) is 5.75 Å². The first-order chi connectivity index (χ1) is 34.9. The molecule has 4 aliphatic heterocycles. The maximum atomic E-state index is 17.5. The van der Waals surface area contributed by atoms with Crippen molar-refractivity contribution in [2.45, 2.75) is 102 Å². The number of likely N-dealkylation sites (tertiary alicyclic amines) is 2. The van der Waals surface area contributed by atoms with Crippen molar-refractivity contribution >= 4 is 46.2 Å². The molecule has 4 aromatic heterocycles. The minimum atomic E-state index is -0.879. The van der Waals surface area contributed by atoms with Crippen LogP contribution in [0.25, 0.3) is 44.7 Å². The lowest BCUT2D eigenvalue weighted by Gasteiger charge is -2.34. The minimum absolute atomic E-state index is 0.0297. The Bertz CT molecular complexity index is 3070. The van der Waals surface area contributed by atoms with Crippen molar-refractivity contribution in [2.24, 2.45) is 11.8 Å². The number of benzene rings is 2. The number of nitrogens with one attached hydrogen (secondary N) is 4. The Balaban J connectivity index is 0.912. The first-order valence-corrected chi connectivity index (χ1v) is 25.5. The SMILES string of the molecule is COC(=O)N[C@H](C(=O)N1CCC[C@H]1c1ncc(-c2cc(F)c3c(c2)OC(c2cnc(C4CC4)s2)n2c-3c(F)c3cc(-c4cnc([C@@H]5CCCN5C(=O)[C@@H](NC(=O)OC)C5CCOCC5)[nH]4)ccc32)[nH]1)C(C)C. The highest BCUT2D eigenvalue weighted by Crippen LogP contribution is 2.51. The van der Waals surface area contributed by atoms with Crippen LogP contribution in [0.4, 0.5) is 18.4 Å². The normalized spacial score (nSPS) is 20.8. The quantitative estimate of drug-likeness (QED) is 0.0913. The number of amides is 4. The van der Waals surface area contributed by atoms with Crippen LogP contribution in [0.1, 0.15) is 111 Å². The lowest BCUT2D eigenvalue weighted by Crippen LogP contribution is -2.53. The number of hydrogen-bond acceptors (Lipinski definition) is 12. The molecule has 0 spiro atoms. The lowest BCUT2D eigenvalue weighted by atomic mass is 9.90. The highest BCUT2D eigenvalue weighted by molar-refractivity contribution is 7.11. The first kappa shape index (κ1) is 47.5. The number of imidazole rings is 2. The van der Waals surface area contributed by atoms with Crippen LogP contribution in [0.2, 0.25) is 0 Å². The molecular weight excluding hydrogens is 951 g/mol. The third-order valence-electron chi connectivity index (χ3n) is 14.8. The fourth-order valence-corrected chi connectivity index (χ4v) is 12.0. The molecule has 8 heterocycles. The highest BCUT2D eigenvalue weighted by Gasteiger charge is 2.42. The summed E-state index contributed by atoms with van der Waals surface area (Å²) in [5.74, 6) is -0.518. The molecular formula is C51H56F2N10O8S. The maximum Gasteiger partial charge on any atom is 0.407 e. The first-order valence-electron chi connectivity index (χ1n) is 24.7. The number of ether oxygens (including phenoxy) is 4. The maximum absolute atomic E-state index is 17.5. The van der Waals surface area contributed by atoms with Gasteiger partial charge >= 0.3 is 12.2 Å². The predicted molar refractivity (Wildman–Crippen MR) is 260 cm³/mol. The molecule has 72 heavy (non-hydrogen) atoms. The molecule has 4 fully saturated rings. The standard InChI is InChI=1S/C51H56F2N10O8S/c1-25(2)41(59-50(66)68-3)47(64)61-15-5-7-35(61)45-55-23-33(58-45)29-20-31(52)39-37(21-29)71-49(38-24-56-46(72-38)27-9-10-27)63-34-12-11-28(19-30(34)40(53)43(39)63)32-22-54-44(57-32)36-8-6-16-62(36)48(65)42(60-51(67)69-4)26-13-17-70-18-14-26/h11-12,19-27,35-36,41-42,49H,5-10,13-18H2,1-4H3,(H,54,57)(H,55,58)(H,59,66)(H,60,67)/t35-,36-,41-,42-,49?/m0/s1. The van der Waals surface area contributed by atoms with E-state index >= 15 is 8.78 Å². The number of nitrogens with zero attached hydrogens (tertiary/aromatic N) is 6. The lowest BCUT2D eigenvalue weighted by molar-refractivity contribution is -0.137. The molecule has 1 aliphatic carbocycles. The second kappa shape index (κ2) is 19.3. The van der Waals surface area contributed by atoms with Crippen molar-refractivity contribution in [1.29, 1.82) is 0 Å². The van der Waals surface area contributed by atoms with Crippen molar-refractivity contribution in [3.05, 3.63) is 82.1 Å². The molecule has 5 aliphatic rings. The summed E-state index contributed by atoms with van der Waals surface area (Å²) in [5, 5.41) is 6.68. The monoisotopic (exact) mass is 1010 g/mol. The summed E-state index contributed by atoms with van der Waals surface area (Å²) in [6.45, 7) is 5.66. The molecule has 18 nitrogen and oxygen atoms in total. The van der Waals surface area contributed by atoms with Crippen molar-refractivity contribution < 1.29 is 46.9 Å². The Morgan fingerprint density at radius 2 is 1.44 bits per heavy atom. The van der Waals surface area contributed by atoms with Gasteiger partial charge in [-0.05, 0) is 87.5 Å². The van der Waals surface area contributed by atoms with Gasteiger partial charge in [0.05, 0.1) is 76.7 Å². The summed E-state index contributed by atoms with van der Waals surface area (Å²) in [6.07, 6.45) is 8.86. The number of fused-ring (bicyclic) bond motifs is 5. The number of aromatic nitrogens is 6. The van der Waals surface area contributed by atoms with Crippen LogP contribution >= 0.6 is 11.3 Å². The van der Waals surface area contributed by atoms with E-state index in [9.17, 15) is 19.2 Å². The number of carbonyl (C=O) groups excluding carboxylic acids is 4. The third-order valence-corrected chi connectivity index (χ3v) is 16.0. The zero-order valence-corrected chi connectivity index (χ0v) is 41.2. The topological polar surface area (TPSA) is 211 Å². The van der Waals surface area contributed by atoms with E-state index in [1.807, 2.05) is 19.9 Å². The van der Waals surface area contributed by atoms with Gasteiger partial charge in [0.15, 0.2) is 5.82 Å². The number of methoxy groups -OCH3 is 2. The second-order valence-corrected chi connectivity index (χ2v) is 20.7. The van der Waals surface area contributed by atoms with Gasteiger partial charge in [-0.2, -0.15) is 0 Å². The average molecular weight is 1010 g/mol. The van der Waals surface area contributed by atoms with Gasteiger partial charge in [-0.3, -0.25) is 14.2 Å². The van der Waals surface area contributed by atoms with Gasteiger partial charge in [0, 0.05) is 54.9 Å². The molecule has 0 radical (unpaired) electrons. The number of carbonyl (C=O) groups is 4. The van der Waals surface area contributed by atoms with Crippen LogP contribution in [0, 0.1) is 23.5 Å². The molecule has 1 unspecified atom stereocenters. The van der Waals surface area contributed by atoms with E-state index in [4.69, 9.17) is 28.9 Å². The zero-order valence-electron chi connectivity index (χ0n) is 40.3. The fraction of sp³-hybridized carbons (Fsp3) is 0.471. The van der Waals surface area contributed by atoms with Crippen molar-refractivity contribution in [2.75, 3.05) is 40.5 Å². The minimum Gasteiger partial charge on any atom is -0.464 e.